The van der Waals surface area contributed by atoms with Crippen molar-refractivity contribution in [2.24, 2.45) is 0 Å². The van der Waals surface area contributed by atoms with E-state index in [0.717, 1.165) is 0 Å². The van der Waals surface area contributed by atoms with E-state index in [1.54, 1.807) is 24.3 Å². The summed E-state index contributed by atoms with van der Waals surface area (Å²) in [6.45, 7) is -0.290. The fourth-order valence-electron chi connectivity index (χ4n) is 3.54. The highest BCUT2D eigenvalue weighted by Gasteiger charge is 2.37. The third-order valence-electron chi connectivity index (χ3n) is 5.29. The molecule has 0 bridgehead atoms. The number of carbonyl (C=O) groups excluding carboxylic acids is 5. The zero-order chi connectivity index (χ0) is 23.3. The second-order valence-electron chi connectivity index (χ2n) is 7.64. The number of likely N-dealkylation sites (N-methyl/N-ethyl adjacent to an activating group) is 1. The first kappa shape index (κ1) is 22.9. The highest BCUT2D eigenvalue weighted by Crippen LogP contribution is 2.19. The highest BCUT2D eigenvalue weighted by atomic mass is 16.2. The van der Waals surface area contributed by atoms with Crippen LogP contribution in [0.4, 0.5) is 0 Å². The van der Waals surface area contributed by atoms with Crippen molar-refractivity contribution in [1.82, 2.24) is 25.4 Å². The van der Waals surface area contributed by atoms with Gasteiger partial charge in [-0.2, -0.15) is 0 Å². The zero-order valence-corrected chi connectivity index (χ0v) is 18.0. The fraction of sp³-hybridized carbons (Fsp3) is 0.364. The molecule has 4 amide bonds. The van der Waals surface area contributed by atoms with Crippen molar-refractivity contribution in [2.75, 3.05) is 33.7 Å². The lowest BCUT2D eigenvalue weighted by Crippen LogP contribution is -2.50. The van der Waals surface area contributed by atoms with Crippen molar-refractivity contribution in [3.05, 3.63) is 42.1 Å². The Labute approximate surface area is 184 Å². The van der Waals surface area contributed by atoms with E-state index in [0.29, 0.717) is 35.9 Å². The van der Waals surface area contributed by atoms with Gasteiger partial charge in [0.2, 0.25) is 17.6 Å². The van der Waals surface area contributed by atoms with E-state index in [1.807, 2.05) is 6.07 Å². The molecule has 3 rings (SSSR count). The Kier molecular flexibility index (Phi) is 7.14. The minimum absolute atomic E-state index is 0.297. The highest BCUT2D eigenvalue weighted by molar-refractivity contribution is 6.38. The topological polar surface area (TPSA) is 129 Å². The van der Waals surface area contributed by atoms with Gasteiger partial charge in [-0.15, -0.1) is 0 Å². The second kappa shape index (κ2) is 9.99. The van der Waals surface area contributed by atoms with Gasteiger partial charge in [0.05, 0.1) is 24.2 Å². The molecule has 2 heterocycles. The summed E-state index contributed by atoms with van der Waals surface area (Å²) in [6, 6.07) is 7.84. The lowest BCUT2D eigenvalue weighted by Gasteiger charge is -2.23. The molecule has 0 spiro atoms. The quantitative estimate of drug-likeness (QED) is 0.572. The van der Waals surface area contributed by atoms with Crippen LogP contribution < -0.4 is 10.6 Å². The minimum atomic E-state index is -0.907. The molecule has 10 heteroatoms. The molecule has 0 radical (unpaired) electrons. The lowest BCUT2D eigenvalue weighted by atomic mass is 10.1. The van der Waals surface area contributed by atoms with Crippen LogP contribution in [0, 0.1) is 0 Å². The second-order valence-corrected chi connectivity index (χ2v) is 7.64. The van der Waals surface area contributed by atoms with Gasteiger partial charge in [0.25, 0.3) is 11.8 Å². The number of likely N-dealkylation sites (tertiary alicyclic amines) is 1. The predicted octanol–water partition coefficient (Wildman–Crippen LogP) is -0.271. The number of nitrogens with zero attached hydrogens (tertiary/aromatic N) is 3. The number of aromatic nitrogens is 1. The van der Waals surface area contributed by atoms with Crippen molar-refractivity contribution >= 4 is 40.3 Å². The number of para-hydroxylation sites is 1. The molecule has 1 saturated heterocycles. The van der Waals surface area contributed by atoms with Gasteiger partial charge in [-0.25, -0.2) is 0 Å². The number of hydrogen-bond acceptors (Lipinski definition) is 6. The van der Waals surface area contributed by atoms with Crippen molar-refractivity contribution < 1.29 is 24.0 Å². The smallest absolute Gasteiger partial charge is 0.290 e. The largest absolute Gasteiger partial charge is 0.347 e. The number of ketones is 1. The molecule has 0 saturated carbocycles. The van der Waals surface area contributed by atoms with Crippen LogP contribution in [-0.2, 0) is 19.2 Å². The number of hydrogen-bond donors (Lipinski definition) is 2. The van der Waals surface area contributed by atoms with Gasteiger partial charge in [-0.05, 0) is 25.0 Å². The fourth-order valence-corrected chi connectivity index (χ4v) is 3.54. The maximum atomic E-state index is 12.7. The van der Waals surface area contributed by atoms with E-state index in [4.69, 9.17) is 0 Å². The summed E-state index contributed by atoms with van der Waals surface area (Å²) in [7, 11) is 3.08. The Balaban J connectivity index is 1.59. The molecule has 1 aliphatic heterocycles. The maximum absolute atomic E-state index is 12.7. The van der Waals surface area contributed by atoms with E-state index in [1.165, 1.54) is 30.1 Å². The van der Waals surface area contributed by atoms with Crippen LogP contribution in [0.5, 0.6) is 0 Å². The number of fused-ring (bicyclic) bond motifs is 1. The van der Waals surface area contributed by atoms with Gasteiger partial charge >= 0.3 is 0 Å². The van der Waals surface area contributed by atoms with Gasteiger partial charge in [0.15, 0.2) is 0 Å². The Morgan fingerprint density at radius 2 is 1.81 bits per heavy atom. The van der Waals surface area contributed by atoms with Gasteiger partial charge < -0.3 is 20.4 Å². The number of carbonyl (C=O) groups is 5. The molecular weight excluding hydrogens is 414 g/mol. The molecule has 168 valence electrons. The summed E-state index contributed by atoms with van der Waals surface area (Å²) < 4.78 is 0. The van der Waals surface area contributed by atoms with Gasteiger partial charge in [0.1, 0.15) is 6.04 Å². The number of rotatable bonds is 7. The minimum Gasteiger partial charge on any atom is -0.347 e. The van der Waals surface area contributed by atoms with Crippen molar-refractivity contribution in [3.8, 4) is 0 Å². The van der Waals surface area contributed by atoms with E-state index >= 15 is 0 Å². The first-order valence-electron chi connectivity index (χ1n) is 10.2. The molecule has 1 fully saturated rings. The molecule has 1 aromatic carbocycles. The molecule has 2 aromatic rings. The Morgan fingerprint density at radius 1 is 1.06 bits per heavy atom. The Bertz CT molecular complexity index is 1060. The van der Waals surface area contributed by atoms with E-state index in [9.17, 15) is 24.0 Å². The molecular formula is C22H25N5O5. The number of pyridine rings is 1. The van der Waals surface area contributed by atoms with Crippen molar-refractivity contribution in [1.29, 1.82) is 0 Å². The van der Waals surface area contributed by atoms with Gasteiger partial charge in [-0.1, -0.05) is 18.2 Å². The molecule has 10 nitrogen and oxygen atoms in total. The summed E-state index contributed by atoms with van der Waals surface area (Å²) in [5.74, 6) is -2.91. The standard InChI is InChI=1S/C22H25N5O5/c1-26(2)18(28)12-25-22(32)20(30)17-8-5-11-27(17)19(29)13-24-21(31)15-9-10-23-16-7-4-3-6-14(15)16/h3-4,6-7,9-10,17H,5,8,11-13H2,1-2H3,(H,24,31)(H,25,32)/t17-/m0/s1. The third-order valence-corrected chi connectivity index (χ3v) is 5.29. The van der Waals surface area contributed by atoms with E-state index in [2.05, 4.69) is 15.6 Å². The zero-order valence-electron chi connectivity index (χ0n) is 18.0. The molecule has 1 atom stereocenters. The molecule has 2 N–H and O–H groups in total. The van der Waals surface area contributed by atoms with Crippen LogP contribution >= 0.6 is 0 Å². The van der Waals surface area contributed by atoms with Crippen LogP contribution in [0.1, 0.15) is 23.2 Å². The van der Waals surface area contributed by atoms with Crippen molar-refractivity contribution in [3.63, 3.8) is 0 Å². The summed E-state index contributed by atoms with van der Waals surface area (Å²) in [6.07, 6.45) is 2.44. The molecule has 0 unspecified atom stereocenters. The average Bonchev–Trinajstić information content (AvgIpc) is 3.29. The van der Waals surface area contributed by atoms with Crippen LogP contribution in [0.25, 0.3) is 10.9 Å². The average molecular weight is 439 g/mol. The summed E-state index contributed by atoms with van der Waals surface area (Å²) in [4.78, 5) is 68.4. The van der Waals surface area contributed by atoms with Crippen LogP contribution in [0.15, 0.2) is 36.5 Å². The van der Waals surface area contributed by atoms with E-state index in [-0.39, 0.29) is 19.0 Å². The number of Topliss-reactive ketones (excluding diaryl/α,β-unsaturated/α-hetero) is 1. The monoisotopic (exact) mass is 439 g/mol. The molecule has 1 aromatic heterocycles. The number of amides is 4. The Morgan fingerprint density at radius 3 is 2.56 bits per heavy atom. The van der Waals surface area contributed by atoms with Crippen molar-refractivity contribution in [2.45, 2.75) is 18.9 Å². The van der Waals surface area contributed by atoms with Gasteiger partial charge in [-0.3, -0.25) is 29.0 Å². The third kappa shape index (κ3) is 5.08. The number of nitrogens with one attached hydrogen (secondary N) is 2. The van der Waals surface area contributed by atoms with Crippen LogP contribution in [0.2, 0.25) is 0 Å². The predicted molar refractivity (Wildman–Crippen MR) is 116 cm³/mol. The first-order valence-corrected chi connectivity index (χ1v) is 10.2. The van der Waals surface area contributed by atoms with E-state index < -0.39 is 29.5 Å². The molecule has 0 aliphatic carbocycles. The molecule has 1 aliphatic rings. The SMILES string of the molecule is CN(C)C(=O)CNC(=O)C(=O)[C@@H]1CCCN1C(=O)CNC(=O)c1ccnc2ccccc12. The van der Waals surface area contributed by atoms with Crippen LogP contribution in [-0.4, -0.2) is 84.0 Å². The number of benzene rings is 1. The maximum Gasteiger partial charge on any atom is 0.290 e. The normalized spacial score (nSPS) is 15.3. The van der Waals surface area contributed by atoms with Gasteiger partial charge in [0, 0.05) is 32.2 Å². The van der Waals surface area contributed by atoms with Crippen LogP contribution in [0.3, 0.4) is 0 Å². The Hall–Kier alpha value is -3.82. The first-order chi connectivity index (χ1) is 15.3. The summed E-state index contributed by atoms with van der Waals surface area (Å²) >= 11 is 0. The lowest BCUT2D eigenvalue weighted by molar-refractivity contribution is -0.144. The summed E-state index contributed by atoms with van der Waals surface area (Å²) in [5.41, 5.74) is 1.05. The summed E-state index contributed by atoms with van der Waals surface area (Å²) in [5, 5.41) is 5.55. The molecule has 32 heavy (non-hydrogen) atoms.